The van der Waals surface area contributed by atoms with Crippen molar-refractivity contribution in [3.8, 4) is 0 Å². The van der Waals surface area contributed by atoms with Crippen LogP contribution in [0, 0.1) is 0 Å². The molecule has 0 spiro atoms. The lowest BCUT2D eigenvalue weighted by Crippen LogP contribution is -2.28. The zero-order valence-corrected chi connectivity index (χ0v) is 11.5. The van der Waals surface area contributed by atoms with Crippen LogP contribution in [-0.2, 0) is 4.74 Å². The fraction of sp³-hybridized carbons (Fsp3) is 0.750. The van der Waals surface area contributed by atoms with E-state index in [1.165, 1.54) is 17.8 Å². The maximum Gasteiger partial charge on any atom is 0.234 e. The van der Waals surface area contributed by atoms with Gasteiger partial charge in [-0.25, -0.2) is 0 Å². The highest BCUT2D eigenvalue weighted by atomic mass is 32.1. The molecule has 2 aliphatic heterocycles. The third kappa shape index (κ3) is 2.05. The van der Waals surface area contributed by atoms with Gasteiger partial charge in [-0.05, 0) is 32.2 Å². The third-order valence-electron chi connectivity index (χ3n) is 3.89. The van der Waals surface area contributed by atoms with E-state index in [1.807, 2.05) is 4.52 Å². The van der Waals surface area contributed by atoms with Gasteiger partial charge in [-0.2, -0.15) is 9.61 Å². The molecule has 2 atom stereocenters. The van der Waals surface area contributed by atoms with Gasteiger partial charge in [0.1, 0.15) is 11.1 Å². The monoisotopic (exact) mass is 279 g/mol. The third-order valence-corrected chi connectivity index (χ3v) is 4.96. The van der Waals surface area contributed by atoms with Gasteiger partial charge >= 0.3 is 0 Å². The van der Waals surface area contributed by atoms with Crippen LogP contribution in [0.2, 0.25) is 0 Å². The van der Waals surface area contributed by atoms with Crippen LogP contribution >= 0.6 is 11.3 Å². The largest absolute Gasteiger partial charge is 0.370 e. The highest BCUT2D eigenvalue weighted by molar-refractivity contribution is 7.16. The van der Waals surface area contributed by atoms with Crippen LogP contribution in [-0.4, -0.2) is 39.5 Å². The standard InChI is InChI=1S/C12H17N5OS/c1-3-8(7-13-5-1)11-16-17-10(9-4-2-6-18-9)14-15-12(17)19-11/h8-9,13H,1-7H2. The first kappa shape index (κ1) is 11.7. The van der Waals surface area contributed by atoms with E-state index < -0.39 is 0 Å². The Bertz CT molecular complexity index is 568. The number of hydrogen-bond donors (Lipinski definition) is 1. The number of rotatable bonds is 2. The molecular formula is C12H17N5OS. The minimum absolute atomic E-state index is 0.0782. The average Bonchev–Trinajstić information content (AvgIpc) is 3.15. The maximum absolute atomic E-state index is 5.69. The number of aromatic nitrogens is 4. The number of fused-ring (bicyclic) bond motifs is 1. The SMILES string of the molecule is C1CNCC(c2nn3c(C4CCCO4)nnc3s2)C1. The maximum atomic E-state index is 5.69. The number of nitrogens with one attached hydrogen (secondary N) is 1. The second-order valence-corrected chi connectivity index (χ2v) is 6.23. The van der Waals surface area contributed by atoms with Gasteiger partial charge in [0, 0.05) is 19.1 Å². The van der Waals surface area contributed by atoms with Gasteiger partial charge in [0.05, 0.1) is 0 Å². The van der Waals surface area contributed by atoms with Crippen LogP contribution in [0.4, 0.5) is 0 Å². The Kier molecular flexibility index (Phi) is 2.97. The lowest BCUT2D eigenvalue weighted by Gasteiger charge is -2.19. The summed E-state index contributed by atoms with van der Waals surface area (Å²) in [4.78, 5) is 0.895. The minimum atomic E-state index is 0.0782. The highest BCUT2D eigenvalue weighted by Gasteiger charge is 2.26. The molecule has 0 amide bonds. The van der Waals surface area contributed by atoms with Gasteiger partial charge in [0.2, 0.25) is 4.96 Å². The van der Waals surface area contributed by atoms with Crippen molar-refractivity contribution in [3.05, 3.63) is 10.8 Å². The van der Waals surface area contributed by atoms with Gasteiger partial charge in [0.25, 0.3) is 0 Å². The molecule has 0 bridgehead atoms. The molecule has 2 aromatic rings. The molecule has 4 rings (SSSR count). The zero-order valence-electron chi connectivity index (χ0n) is 10.7. The van der Waals surface area contributed by atoms with Crippen molar-refractivity contribution in [2.75, 3.05) is 19.7 Å². The molecule has 19 heavy (non-hydrogen) atoms. The molecule has 0 aliphatic carbocycles. The van der Waals surface area contributed by atoms with Crippen molar-refractivity contribution in [3.63, 3.8) is 0 Å². The quantitative estimate of drug-likeness (QED) is 0.902. The molecule has 1 N–H and O–H groups in total. The molecule has 0 radical (unpaired) electrons. The van der Waals surface area contributed by atoms with Crippen molar-refractivity contribution < 1.29 is 4.74 Å². The normalized spacial score (nSPS) is 28.2. The Morgan fingerprint density at radius 3 is 3.05 bits per heavy atom. The summed E-state index contributed by atoms with van der Waals surface area (Å²) in [6.45, 7) is 2.98. The molecule has 4 heterocycles. The summed E-state index contributed by atoms with van der Waals surface area (Å²) in [6.07, 6.45) is 4.65. The molecule has 2 aliphatic rings. The van der Waals surface area contributed by atoms with E-state index in [1.54, 1.807) is 11.3 Å². The lowest BCUT2D eigenvalue weighted by atomic mass is 10.0. The summed E-state index contributed by atoms with van der Waals surface area (Å²) in [5.74, 6) is 1.40. The number of hydrogen-bond acceptors (Lipinski definition) is 6. The molecule has 0 aromatic carbocycles. The number of piperidine rings is 1. The summed E-state index contributed by atoms with van der Waals surface area (Å²) < 4.78 is 7.58. The molecule has 6 nitrogen and oxygen atoms in total. The predicted octanol–water partition coefficient (Wildman–Crippen LogP) is 1.50. The average molecular weight is 279 g/mol. The second kappa shape index (κ2) is 4.81. The van der Waals surface area contributed by atoms with Crippen LogP contribution in [0.3, 0.4) is 0 Å². The zero-order chi connectivity index (χ0) is 12.7. The van der Waals surface area contributed by atoms with Crippen LogP contribution in [0.25, 0.3) is 4.96 Å². The van der Waals surface area contributed by atoms with Crippen LogP contribution in [0.1, 0.15) is 48.5 Å². The summed E-state index contributed by atoms with van der Waals surface area (Å²) in [6, 6.07) is 0. The lowest BCUT2D eigenvalue weighted by molar-refractivity contribution is 0.103. The van der Waals surface area contributed by atoms with Gasteiger partial charge in [-0.15, -0.1) is 10.2 Å². The van der Waals surface area contributed by atoms with E-state index >= 15 is 0 Å². The second-order valence-electron chi connectivity index (χ2n) is 5.24. The molecule has 2 aromatic heterocycles. The van der Waals surface area contributed by atoms with Crippen LogP contribution in [0.15, 0.2) is 0 Å². The van der Waals surface area contributed by atoms with Crippen molar-refractivity contribution in [2.24, 2.45) is 0 Å². The van der Waals surface area contributed by atoms with E-state index in [2.05, 4.69) is 15.5 Å². The Labute approximate surface area is 115 Å². The minimum Gasteiger partial charge on any atom is -0.370 e. The van der Waals surface area contributed by atoms with Gasteiger partial charge in [-0.1, -0.05) is 11.3 Å². The molecule has 2 saturated heterocycles. The van der Waals surface area contributed by atoms with E-state index in [4.69, 9.17) is 9.84 Å². The van der Waals surface area contributed by atoms with Crippen molar-refractivity contribution in [1.29, 1.82) is 0 Å². The molecule has 2 unspecified atom stereocenters. The number of nitrogens with zero attached hydrogens (tertiary/aromatic N) is 4. The molecule has 2 fully saturated rings. The van der Waals surface area contributed by atoms with E-state index in [0.29, 0.717) is 5.92 Å². The van der Waals surface area contributed by atoms with Gasteiger partial charge < -0.3 is 10.1 Å². The van der Waals surface area contributed by atoms with Gasteiger partial charge in [0.15, 0.2) is 5.82 Å². The highest BCUT2D eigenvalue weighted by Crippen LogP contribution is 2.31. The van der Waals surface area contributed by atoms with Crippen LogP contribution in [0.5, 0.6) is 0 Å². The fourth-order valence-electron chi connectivity index (χ4n) is 2.86. The van der Waals surface area contributed by atoms with Gasteiger partial charge in [-0.3, -0.25) is 0 Å². The summed E-state index contributed by atoms with van der Waals surface area (Å²) >= 11 is 1.67. The first-order chi connectivity index (χ1) is 9.42. The first-order valence-corrected chi connectivity index (χ1v) is 7.78. The van der Waals surface area contributed by atoms with Crippen molar-refractivity contribution in [1.82, 2.24) is 25.1 Å². The summed E-state index contributed by atoms with van der Waals surface area (Å²) in [5, 5.41) is 17.8. The molecular weight excluding hydrogens is 262 g/mol. The Morgan fingerprint density at radius 1 is 1.26 bits per heavy atom. The van der Waals surface area contributed by atoms with E-state index in [9.17, 15) is 0 Å². The topological polar surface area (TPSA) is 64.3 Å². The fourth-order valence-corrected chi connectivity index (χ4v) is 3.84. The van der Waals surface area contributed by atoms with Crippen molar-refractivity contribution >= 4 is 16.3 Å². The predicted molar refractivity (Wildman–Crippen MR) is 71.4 cm³/mol. The molecule has 102 valence electrons. The van der Waals surface area contributed by atoms with E-state index in [0.717, 1.165) is 43.3 Å². The first-order valence-electron chi connectivity index (χ1n) is 6.96. The summed E-state index contributed by atoms with van der Waals surface area (Å²) in [5.41, 5.74) is 0. The number of ether oxygens (including phenoxy) is 1. The van der Waals surface area contributed by atoms with E-state index in [-0.39, 0.29) is 6.10 Å². The Balaban J connectivity index is 1.67. The van der Waals surface area contributed by atoms with Crippen LogP contribution < -0.4 is 5.32 Å². The Morgan fingerprint density at radius 2 is 2.26 bits per heavy atom. The Hall–Kier alpha value is -1.05. The smallest absolute Gasteiger partial charge is 0.234 e. The summed E-state index contributed by atoms with van der Waals surface area (Å²) in [7, 11) is 0. The van der Waals surface area contributed by atoms with Crippen molar-refractivity contribution in [2.45, 2.75) is 37.7 Å². The molecule has 0 saturated carbocycles. The molecule has 7 heteroatoms.